The Kier molecular flexibility index (Phi) is 3.16. The van der Waals surface area contributed by atoms with Gasteiger partial charge in [-0.15, -0.1) is 0 Å². The number of aromatic nitrogens is 2. The van der Waals surface area contributed by atoms with Gasteiger partial charge in [0.15, 0.2) is 0 Å². The van der Waals surface area contributed by atoms with Crippen LogP contribution in [0.1, 0.15) is 10.4 Å². The highest BCUT2D eigenvalue weighted by Gasteiger charge is 2.02. The number of rotatable bonds is 3. The number of amides is 1. The van der Waals surface area contributed by atoms with Crippen LogP contribution in [0.3, 0.4) is 0 Å². The molecule has 0 saturated carbocycles. The molecule has 1 rings (SSSR count). The fourth-order valence-electron chi connectivity index (χ4n) is 0.697. The van der Waals surface area contributed by atoms with Crippen molar-refractivity contribution in [3.05, 3.63) is 24.0 Å². The third kappa shape index (κ3) is 2.28. The van der Waals surface area contributed by atoms with Crippen molar-refractivity contribution in [2.45, 2.75) is 0 Å². The molecule has 0 aliphatic heterocycles. The molecule has 0 atom stereocenters. The maximum absolute atomic E-state index is 11.1. The van der Waals surface area contributed by atoms with Crippen molar-refractivity contribution in [3.63, 3.8) is 0 Å². The highest BCUT2D eigenvalue weighted by Crippen LogP contribution is 1.91. The summed E-state index contributed by atoms with van der Waals surface area (Å²) in [4.78, 5) is 11.1. The summed E-state index contributed by atoms with van der Waals surface area (Å²) in [5, 5.41) is 18.0. The Morgan fingerprint density at radius 3 is 3.00 bits per heavy atom. The summed E-state index contributed by atoms with van der Waals surface area (Å²) in [5.41, 5.74) is 0.443. The SMILES string of the molecule is O=C(NCCO)c1ccnnc1. The lowest BCUT2D eigenvalue weighted by atomic mass is 10.3. The number of carbonyl (C=O) groups is 1. The van der Waals surface area contributed by atoms with Crippen LogP contribution < -0.4 is 5.32 Å². The van der Waals surface area contributed by atoms with E-state index in [0.717, 1.165) is 0 Å². The van der Waals surface area contributed by atoms with Crippen LogP contribution in [0, 0.1) is 0 Å². The highest BCUT2D eigenvalue weighted by atomic mass is 16.3. The van der Waals surface area contributed by atoms with Crippen LogP contribution in [-0.2, 0) is 0 Å². The van der Waals surface area contributed by atoms with Gasteiger partial charge in [-0.3, -0.25) is 4.79 Å². The molecule has 0 aliphatic rings. The maximum Gasteiger partial charge on any atom is 0.253 e. The first-order valence-electron chi connectivity index (χ1n) is 3.50. The van der Waals surface area contributed by atoms with Gasteiger partial charge in [0.2, 0.25) is 0 Å². The number of hydrogen-bond acceptors (Lipinski definition) is 4. The van der Waals surface area contributed by atoms with Crippen molar-refractivity contribution in [3.8, 4) is 0 Å². The minimum absolute atomic E-state index is 0.0652. The molecule has 0 fully saturated rings. The Hall–Kier alpha value is -1.49. The smallest absolute Gasteiger partial charge is 0.253 e. The van der Waals surface area contributed by atoms with E-state index in [1.165, 1.54) is 12.4 Å². The quantitative estimate of drug-likeness (QED) is 0.618. The summed E-state index contributed by atoms with van der Waals surface area (Å²) in [6.07, 6.45) is 2.81. The fourth-order valence-corrected chi connectivity index (χ4v) is 0.697. The zero-order valence-corrected chi connectivity index (χ0v) is 6.40. The number of carbonyl (C=O) groups excluding carboxylic acids is 1. The molecule has 2 N–H and O–H groups in total. The van der Waals surface area contributed by atoms with Crippen LogP contribution in [-0.4, -0.2) is 34.4 Å². The Morgan fingerprint density at radius 1 is 1.58 bits per heavy atom. The lowest BCUT2D eigenvalue weighted by Gasteiger charge is -2.00. The van der Waals surface area contributed by atoms with Gasteiger partial charge >= 0.3 is 0 Å². The second-order valence-corrected chi connectivity index (χ2v) is 2.11. The molecule has 1 amide bonds. The maximum atomic E-state index is 11.1. The van der Waals surface area contributed by atoms with E-state index in [1.54, 1.807) is 6.07 Å². The van der Waals surface area contributed by atoms with Gasteiger partial charge in [0.25, 0.3) is 5.91 Å². The summed E-state index contributed by atoms with van der Waals surface area (Å²) >= 11 is 0. The zero-order chi connectivity index (χ0) is 8.81. The molecule has 5 nitrogen and oxygen atoms in total. The molecule has 1 heterocycles. The van der Waals surface area contributed by atoms with E-state index in [-0.39, 0.29) is 19.1 Å². The molecule has 0 aliphatic carbocycles. The Balaban J connectivity index is 2.54. The number of aliphatic hydroxyl groups is 1. The summed E-state index contributed by atoms with van der Waals surface area (Å²) in [5.74, 6) is -0.251. The Labute approximate surface area is 69.4 Å². The molecule has 64 valence electrons. The van der Waals surface area contributed by atoms with Crippen molar-refractivity contribution in [2.75, 3.05) is 13.2 Å². The summed E-state index contributed by atoms with van der Waals surface area (Å²) < 4.78 is 0. The molecule has 0 aromatic carbocycles. The molecule has 1 aromatic heterocycles. The van der Waals surface area contributed by atoms with Crippen LogP contribution in [0.2, 0.25) is 0 Å². The molecular weight excluding hydrogens is 158 g/mol. The van der Waals surface area contributed by atoms with Gasteiger partial charge in [-0.2, -0.15) is 10.2 Å². The molecule has 0 bridgehead atoms. The van der Waals surface area contributed by atoms with Crippen molar-refractivity contribution >= 4 is 5.91 Å². The van der Waals surface area contributed by atoms with Gasteiger partial charge in [0, 0.05) is 6.54 Å². The van der Waals surface area contributed by atoms with Crippen molar-refractivity contribution in [1.29, 1.82) is 0 Å². The van der Waals surface area contributed by atoms with Gasteiger partial charge in [-0.1, -0.05) is 0 Å². The van der Waals surface area contributed by atoms with Crippen molar-refractivity contribution < 1.29 is 9.90 Å². The van der Waals surface area contributed by atoms with E-state index in [0.29, 0.717) is 5.56 Å². The molecule has 0 unspecified atom stereocenters. The van der Waals surface area contributed by atoms with Crippen molar-refractivity contribution in [2.24, 2.45) is 0 Å². The molecule has 1 aromatic rings. The summed E-state index contributed by atoms with van der Waals surface area (Å²) in [7, 11) is 0. The lowest BCUT2D eigenvalue weighted by Crippen LogP contribution is -2.26. The van der Waals surface area contributed by atoms with Crippen LogP contribution in [0.4, 0.5) is 0 Å². The average molecular weight is 167 g/mol. The number of hydrogen-bond donors (Lipinski definition) is 2. The minimum Gasteiger partial charge on any atom is -0.395 e. The largest absolute Gasteiger partial charge is 0.395 e. The third-order valence-electron chi connectivity index (χ3n) is 1.24. The summed E-state index contributed by atoms with van der Waals surface area (Å²) in [6, 6.07) is 1.56. The monoisotopic (exact) mass is 167 g/mol. The number of aliphatic hydroxyl groups excluding tert-OH is 1. The van der Waals surface area contributed by atoms with Gasteiger partial charge < -0.3 is 10.4 Å². The average Bonchev–Trinajstić information content (AvgIpc) is 2.15. The first-order valence-corrected chi connectivity index (χ1v) is 3.50. The van der Waals surface area contributed by atoms with Crippen LogP contribution in [0.15, 0.2) is 18.5 Å². The normalized spacial score (nSPS) is 9.42. The second kappa shape index (κ2) is 4.40. The molecule has 0 saturated heterocycles. The van der Waals surface area contributed by atoms with Crippen molar-refractivity contribution in [1.82, 2.24) is 15.5 Å². The van der Waals surface area contributed by atoms with E-state index in [1.807, 2.05) is 0 Å². The van der Waals surface area contributed by atoms with Gasteiger partial charge in [0.1, 0.15) is 0 Å². The lowest BCUT2D eigenvalue weighted by molar-refractivity contribution is 0.0944. The van der Waals surface area contributed by atoms with Crippen LogP contribution >= 0.6 is 0 Å². The summed E-state index contributed by atoms with van der Waals surface area (Å²) in [6.45, 7) is 0.186. The minimum atomic E-state index is -0.251. The molecular formula is C7H9N3O2. The topological polar surface area (TPSA) is 75.1 Å². The van der Waals surface area contributed by atoms with Crippen LogP contribution in [0.25, 0.3) is 0 Å². The molecule has 0 radical (unpaired) electrons. The van der Waals surface area contributed by atoms with E-state index in [2.05, 4.69) is 15.5 Å². The van der Waals surface area contributed by atoms with E-state index >= 15 is 0 Å². The number of nitrogens with one attached hydrogen (secondary N) is 1. The molecule has 5 heteroatoms. The Bertz CT molecular complexity index is 250. The predicted octanol–water partition coefficient (Wildman–Crippen LogP) is -0.801. The van der Waals surface area contributed by atoms with E-state index in [4.69, 9.17) is 5.11 Å². The Morgan fingerprint density at radius 2 is 2.42 bits per heavy atom. The van der Waals surface area contributed by atoms with Gasteiger partial charge in [-0.25, -0.2) is 0 Å². The van der Waals surface area contributed by atoms with E-state index in [9.17, 15) is 4.79 Å². The first kappa shape index (κ1) is 8.61. The third-order valence-corrected chi connectivity index (χ3v) is 1.24. The van der Waals surface area contributed by atoms with Crippen LogP contribution in [0.5, 0.6) is 0 Å². The highest BCUT2D eigenvalue weighted by molar-refractivity contribution is 5.93. The fraction of sp³-hybridized carbons (Fsp3) is 0.286. The molecule has 0 spiro atoms. The zero-order valence-electron chi connectivity index (χ0n) is 6.40. The number of nitrogens with zero attached hydrogens (tertiary/aromatic N) is 2. The van der Waals surface area contributed by atoms with Gasteiger partial charge in [-0.05, 0) is 6.07 Å². The first-order chi connectivity index (χ1) is 5.84. The second-order valence-electron chi connectivity index (χ2n) is 2.11. The standard InChI is InChI=1S/C7H9N3O2/c11-4-3-8-7(12)6-1-2-9-10-5-6/h1-2,5,11H,3-4H2,(H,8,12). The van der Waals surface area contributed by atoms with Gasteiger partial charge in [0.05, 0.1) is 24.6 Å². The van der Waals surface area contributed by atoms with E-state index < -0.39 is 0 Å². The predicted molar refractivity (Wildman–Crippen MR) is 41.5 cm³/mol. The molecule has 12 heavy (non-hydrogen) atoms.